The Balaban J connectivity index is 1.85. The molecule has 6 heteroatoms. The number of ketones is 1. The standard InChI is InChI=1S/C15H16N2O3S/c1-9-4-11(8-17-14(9)7-16)15(18)10-5-12-2-3-13(6-10)21(12,19)20/h4,8,10,12-13H,2-3,5-6H2,1H3. The molecule has 3 heterocycles. The number of aryl methyl sites for hydroxylation is 1. The topological polar surface area (TPSA) is 87.9 Å². The predicted molar refractivity (Wildman–Crippen MR) is 76.5 cm³/mol. The van der Waals surface area contributed by atoms with Gasteiger partial charge in [0.05, 0.1) is 10.5 Å². The third-order valence-corrected chi connectivity index (χ3v) is 7.39. The molecule has 2 unspecified atom stereocenters. The number of aromatic nitrogens is 1. The first kappa shape index (κ1) is 14.2. The molecule has 2 aliphatic heterocycles. The highest BCUT2D eigenvalue weighted by atomic mass is 32.2. The van der Waals surface area contributed by atoms with Crippen LogP contribution >= 0.6 is 0 Å². The van der Waals surface area contributed by atoms with Crippen LogP contribution in [0.25, 0.3) is 0 Å². The molecule has 2 atom stereocenters. The van der Waals surface area contributed by atoms with Crippen molar-refractivity contribution in [2.24, 2.45) is 5.92 Å². The maximum Gasteiger partial charge on any atom is 0.167 e. The summed E-state index contributed by atoms with van der Waals surface area (Å²) >= 11 is 0. The van der Waals surface area contributed by atoms with Crippen molar-refractivity contribution in [3.8, 4) is 6.07 Å². The molecule has 2 bridgehead atoms. The van der Waals surface area contributed by atoms with Crippen molar-refractivity contribution in [2.75, 3.05) is 0 Å². The lowest BCUT2D eigenvalue weighted by Gasteiger charge is -2.26. The zero-order valence-corrected chi connectivity index (χ0v) is 12.6. The zero-order chi connectivity index (χ0) is 15.2. The summed E-state index contributed by atoms with van der Waals surface area (Å²) in [6.45, 7) is 1.75. The number of nitriles is 1. The highest BCUT2D eigenvalue weighted by molar-refractivity contribution is 7.93. The van der Waals surface area contributed by atoms with Crippen LogP contribution in [0.1, 0.15) is 47.3 Å². The number of fused-ring (bicyclic) bond motifs is 2. The van der Waals surface area contributed by atoms with Crippen molar-refractivity contribution >= 4 is 15.6 Å². The van der Waals surface area contributed by atoms with E-state index in [9.17, 15) is 13.2 Å². The van der Waals surface area contributed by atoms with Gasteiger partial charge in [0.1, 0.15) is 11.8 Å². The van der Waals surface area contributed by atoms with Crippen LogP contribution < -0.4 is 0 Å². The van der Waals surface area contributed by atoms with E-state index in [0.717, 1.165) is 0 Å². The van der Waals surface area contributed by atoms with Gasteiger partial charge in [0, 0.05) is 17.7 Å². The second-order valence-electron chi connectivity index (χ2n) is 5.94. The van der Waals surface area contributed by atoms with E-state index in [1.807, 2.05) is 6.07 Å². The summed E-state index contributed by atoms with van der Waals surface area (Å²) in [7, 11) is -3.01. The molecular weight excluding hydrogens is 288 g/mol. The van der Waals surface area contributed by atoms with Crippen molar-refractivity contribution in [3.05, 3.63) is 29.1 Å². The predicted octanol–water partition coefficient (Wildman–Crippen LogP) is 1.80. The molecule has 0 spiro atoms. The number of pyridine rings is 1. The number of sulfone groups is 1. The van der Waals surface area contributed by atoms with E-state index in [1.54, 1.807) is 13.0 Å². The fraction of sp³-hybridized carbons (Fsp3) is 0.533. The molecule has 3 rings (SSSR count). The van der Waals surface area contributed by atoms with Crippen LogP contribution in [0.3, 0.4) is 0 Å². The van der Waals surface area contributed by atoms with Gasteiger partial charge in [-0.3, -0.25) is 4.79 Å². The fourth-order valence-corrected chi connectivity index (χ4v) is 5.96. The SMILES string of the molecule is Cc1cc(C(=O)C2CC3CCC(C2)S3(=O)=O)cnc1C#N. The molecule has 1 aromatic heterocycles. The molecule has 2 fully saturated rings. The first-order valence-electron chi connectivity index (χ1n) is 7.07. The van der Waals surface area contributed by atoms with Crippen molar-refractivity contribution in [1.82, 2.24) is 4.98 Å². The van der Waals surface area contributed by atoms with Crippen LogP contribution in [0.5, 0.6) is 0 Å². The summed E-state index contributed by atoms with van der Waals surface area (Å²) in [5.41, 5.74) is 1.47. The second kappa shape index (κ2) is 4.92. The third kappa shape index (κ3) is 2.26. The van der Waals surface area contributed by atoms with Gasteiger partial charge in [-0.25, -0.2) is 13.4 Å². The first-order chi connectivity index (χ1) is 9.93. The van der Waals surface area contributed by atoms with Crippen LogP contribution in [0.4, 0.5) is 0 Å². The number of rotatable bonds is 2. The Morgan fingerprint density at radius 2 is 1.95 bits per heavy atom. The molecule has 21 heavy (non-hydrogen) atoms. The summed E-state index contributed by atoms with van der Waals surface area (Å²) in [6, 6.07) is 3.65. The number of carbonyl (C=O) groups excluding carboxylic acids is 1. The zero-order valence-electron chi connectivity index (χ0n) is 11.7. The maximum atomic E-state index is 12.6. The second-order valence-corrected chi connectivity index (χ2v) is 8.46. The Bertz CT molecular complexity index is 729. The molecule has 0 aromatic carbocycles. The average Bonchev–Trinajstić information content (AvgIpc) is 2.66. The van der Waals surface area contributed by atoms with Crippen molar-refractivity contribution in [1.29, 1.82) is 5.26 Å². The fourth-order valence-electron chi connectivity index (χ4n) is 3.48. The number of nitrogens with zero attached hydrogens (tertiary/aromatic N) is 2. The average molecular weight is 304 g/mol. The summed E-state index contributed by atoms with van der Waals surface area (Å²) in [4.78, 5) is 16.6. The van der Waals surface area contributed by atoms with Gasteiger partial charge in [-0.1, -0.05) is 0 Å². The molecule has 0 saturated carbocycles. The van der Waals surface area contributed by atoms with Crippen molar-refractivity contribution in [3.63, 3.8) is 0 Å². The molecule has 2 aliphatic rings. The van der Waals surface area contributed by atoms with E-state index in [2.05, 4.69) is 4.98 Å². The van der Waals surface area contributed by atoms with Gasteiger partial charge in [0.25, 0.3) is 0 Å². The molecular formula is C15H16N2O3S. The Morgan fingerprint density at radius 3 is 2.48 bits per heavy atom. The molecule has 0 N–H and O–H groups in total. The van der Waals surface area contributed by atoms with Crippen molar-refractivity contribution in [2.45, 2.75) is 43.1 Å². The summed E-state index contributed by atoms with van der Waals surface area (Å²) < 4.78 is 24.1. The van der Waals surface area contributed by atoms with Crippen LogP contribution in [0.2, 0.25) is 0 Å². The maximum absolute atomic E-state index is 12.6. The quantitative estimate of drug-likeness (QED) is 0.777. The molecule has 0 amide bonds. The minimum absolute atomic E-state index is 0.0399. The van der Waals surface area contributed by atoms with Crippen LogP contribution in [0, 0.1) is 24.2 Å². The largest absolute Gasteiger partial charge is 0.294 e. The molecule has 110 valence electrons. The lowest BCUT2D eigenvalue weighted by atomic mass is 9.90. The third-order valence-electron chi connectivity index (χ3n) is 4.67. The number of Topliss-reactive ketones (excluding diaryl/α,β-unsaturated/α-hetero) is 1. The minimum atomic E-state index is -3.01. The van der Waals surface area contributed by atoms with Gasteiger partial charge in [-0.15, -0.1) is 0 Å². The van der Waals surface area contributed by atoms with E-state index in [4.69, 9.17) is 5.26 Å². The van der Waals surface area contributed by atoms with Crippen molar-refractivity contribution < 1.29 is 13.2 Å². The smallest absolute Gasteiger partial charge is 0.167 e. The molecule has 0 aliphatic carbocycles. The lowest BCUT2D eigenvalue weighted by molar-refractivity contribution is 0.0905. The highest BCUT2D eigenvalue weighted by Crippen LogP contribution is 2.42. The number of carbonyl (C=O) groups is 1. The monoisotopic (exact) mass is 304 g/mol. The van der Waals surface area contributed by atoms with Gasteiger partial charge in [-0.2, -0.15) is 5.26 Å². The first-order valence-corrected chi connectivity index (χ1v) is 8.68. The molecule has 5 nitrogen and oxygen atoms in total. The van der Waals surface area contributed by atoms with E-state index in [0.29, 0.717) is 42.5 Å². The van der Waals surface area contributed by atoms with E-state index < -0.39 is 9.84 Å². The summed E-state index contributed by atoms with van der Waals surface area (Å²) in [6.07, 6.45) is 3.65. The Kier molecular flexibility index (Phi) is 3.33. The Hall–Kier alpha value is -1.74. The lowest BCUT2D eigenvalue weighted by Crippen LogP contribution is -2.36. The summed E-state index contributed by atoms with van der Waals surface area (Å²) in [5.74, 6) is -0.276. The van der Waals surface area contributed by atoms with Crippen LogP contribution in [-0.4, -0.2) is 29.7 Å². The van der Waals surface area contributed by atoms with E-state index in [-0.39, 0.29) is 22.2 Å². The Labute approximate surface area is 123 Å². The van der Waals surface area contributed by atoms with Crippen LogP contribution in [-0.2, 0) is 9.84 Å². The van der Waals surface area contributed by atoms with E-state index in [1.165, 1.54) is 6.20 Å². The van der Waals surface area contributed by atoms with Crippen LogP contribution in [0.15, 0.2) is 12.3 Å². The van der Waals surface area contributed by atoms with Gasteiger partial charge >= 0.3 is 0 Å². The normalized spacial score (nSPS) is 29.8. The van der Waals surface area contributed by atoms with Gasteiger partial charge in [0.2, 0.25) is 0 Å². The minimum Gasteiger partial charge on any atom is -0.294 e. The highest BCUT2D eigenvalue weighted by Gasteiger charge is 2.48. The number of hydrogen-bond donors (Lipinski definition) is 0. The molecule has 2 saturated heterocycles. The Morgan fingerprint density at radius 1 is 1.33 bits per heavy atom. The van der Waals surface area contributed by atoms with Gasteiger partial charge in [0.15, 0.2) is 15.6 Å². The van der Waals surface area contributed by atoms with Gasteiger partial charge < -0.3 is 0 Å². The molecule has 0 radical (unpaired) electrons. The molecule has 1 aromatic rings. The van der Waals surface area contributed by atoms with E-state index >= 15 is 0 Å². The summed E-state index contributed by atoms with van der Waals surface area (Å²) in [5, 5.41) is 8.17. The van der Waals surface area contributed by atoms with Gasteiger partial charge in [-0.05, 0) is 44.2 Å². The number of hydrogen-bond acceptors (Lipinski definition) is 5.